The number of pyridine rings is 1. The van der Waals surface area contributed by atoms with Crippen LogP contribution in [0.5, 0.6) is 0 Å². The number of fused-ring (bicyclic) bond motifs is 3. The number of hydrogen-bond donors (Lipinski definition) is 0. The van der Waals surface area contributed by atoms with Crippen molar-refractivity contribution in [3.05, 3.63) is 66.5 Å². The molecule has 28 heavy (non-hydrogen) atoms. The second-order valence-corrected chi connectivity index (χ2v) is 8.17. The number of nitrogens with zero attached hydrogens (tertiary/aromatic N) is 4. The van der Waals surface area contributed by atoms with Gasteiger partial charge in [0, 0.05) is 28.4 Å². The topological polar surface area (TPSA) is 63.2 Å². The molecule has 6 heteroatoms. The molecule has 3 heterocycles. The van der Waals surface area contributed by atoms with Crippen LogP contribution in [0, 0.1) is 11.3 Å². The molecule has 1 aliphatic rings. The van der Waals surface area contributed by atoms with Crippen molar-refractivity contribution < 1.29 is 4.74 Å². The summed E-state index contributed by atoms with van der Waals surface area (Å²) in [6, 6.07) is 21.3. The van der Waals surface area contributed by atoms with E-state index in [9.17, 15) is 5.26 Å². The van der Waals surface area contributed by atoms with Gasteiger partial charge in [0.25, 0.3) is 0 Å². The second-order valence-electron chi connectivity index (χ2n) is 7.02. The zero-order chi connectivity index (χ0) is 19.0. The lowest BCUT2D eigenvalue weighted by Crippen LogP contribution is -2.32. The van der Waals surface area contributed by atoms with Gasteiger partial charge in [-0.15, -0.1) is 0 Å². The Morgan fingerprint density at radius 1 is 1.04 bits per heavy atom. The fraction of sp³-hybridized carbons (Fsp3) is 0.227. The van der Waals surface area contributed by atoms with Gasteiger partial charge in [0.1, 0.15) is 6.33 Å². The van der Waals surface area contributed by atoms with E-state index < -0.39 is 5.41 Å². The summed E-state index contributed by atoms with van der Waals surface area (Å²) in [5.41, 5.74) is 2.54. The smallest absolute Gasteiger partial charge is 0.155 e. The fourth-order valence-electron chi connectivity index (χ4n) is 3.81. The number of aromatic nitrogens is 3. The van der Waals surface area contributed by atoms with Crippen molar-refractivity contribution in [2.45, 2.75) is 28.0 Å². The standard InChI is InChI=1S/C22H18N4OS/c23-14-22(8-10-27-11-9-22)17-2-1-3-18(13-17)28-19-5-6-20-16(12-19)4-7-21-24-15-25-26(20)21/h1-7,12-13,15H,8-11H2. The van der Waals surface area contributed by atoms with Gasteiger partial charge in [-0.25, -0.2) is 9.50 Å². The van der Waals surface area contributed by atoms with Gasteiger partial charge in [-0.3, -0.25) is 0 Å². The first-order chi connectivity index (χ1) is 13.8. The first kappa shape index (κ1) is 17.2. The van der Waals surface area contributed by atoms with Gasteiger partial charge in [0.15, 0.2) is 5.65 Å². The quantitative estimate of drug-likeness (QED) is 0.515. The van der Waals surface area contributed by atoms with E-state index in [0.29, 0.717) is 13.2 Å². The summed E-state index contributed by atoms with van der Waals surface area (Å²) in [7, 11) is 0. The van der Waals surface area contributed by atoms with E-state index in [0.717, 1.165) is 44.7 Å². The van der Waals surface area contributed by atoms with Crippen LogP contribution in [-0.4, -0.2) is 27.8 Å². The van der Waals surface area contributed by atoms with E-state index in [1.54, 1.807) is 18.1 Å². The first-order valence-corrected chi connectivity index (χ1v) is 10.1. The SMILES string of the molecule is N#CC1(c2cccc(Sc3ccc4c(ccc5ncnn54)c3)c2)CCOCC1. The molecule has 2 aromatic heterocycles. The molecule has 4 aromatic rings. The normalized spacial score (nSPS) is 16.2. The molecule has 0 spiro atoms. The Labute approximate surface area is 167 Å². The molecule has 0 bridgehead atoms. The zero-order valence-electron chi connectivity index (χ0n) is 15.2. The molecular weight excluding hydrogens is 368 g/mol. The van der Waals surface area contributed by atoms with Crippen LogP contribution in [0.2, 0.25) is 0 Å². The Balaban J connectivity index is 1.47. The van der Waals surface area contributed by atoms with Gasteiger partial charge in [-0.05, 0) is 60.9 Å². The molecule has 5 nitrogen and oxygen atoms in total. The van der Waals surface area contributed by atoms with Gasteiger partial charge in [0.05, 0.1) is 17.0 Å². The summed E-state index contributed by atoms with van der Waals surface area (Å²) in [5.74, 6) is 0. The average molecular weight is 386 g/mol. The number of benzene rings is 2. The Morgan fingerprint density at radius 3 is 2.75 bits per heavy atom. The summed E-state index contributed by atoms with van der Waals surface area (Å²) < 4.78 is 7.33. The molecule has 1 aliphatic heterocycles. The molecule has 138 valence electrons. The van der Waals surface area contributed by atoms with Crippen molar-refractivity contribution >= 4 is 28.3 Å². The molecule has 0 radical (unpaired) electrons. The minimum absolute atomic E-state index is 0.434. The third-order valence-corrected chi connectivity index (χ3v) is 6.38. The lowest BCUT2D eigenvalue weighted by molar-refractivity contribution is 0.0675. The van der Waals surface area contributed by atoms with Crippen LogP contribution in [0.25, 0.3) is 16.6 Å². The van der Waals surface area contributed by atoms with Crippen molar-refractivity contribution in [1.82, 2.24) is 14.6 Å². The van der Waals surface area contributed by atoms with Crippen LogP contribution in [-0.2, 0) is 10.2 Å². The molecule has 2 aromatic carbocycles. The van der Waals surface area contributed by atoms with E-state index >= 15 is 0 Å². The van der Waals surface area contributed by atoms with Gasteiger partial charge in [-0.2, -0.15) is 10.4 Å². The van der Waals surface area contributed by atoms with Gasteiger partial charge in [-0.1, -0.05) is 23.9 Å². The minimum Gasteiger partial charge on any atom is -0.381 e. The van der Waals surface area contributed by atoms with Gasteiger partial charge < -0.3 is 4.74 Å². The Kier molecular flexibility index (Phi) is 4.27. The highest BCUT2D eigenvalue weighted by molar-refractivity contribution is 7.99. The van der Waals surface area contributed by atoms with Crippen LogP contribution >= 0.6 is 11.8 Å². The zero-order valence-corrected chi connectivity index (χ0v) is 16.0. The van der Waals surface area contributed by atoms with Gasteiger partial charge in [0.2, 0.25) is 0 Å². The molecule has 0 unspecified atom stereocenters. The fourth-order valence-corrected chi connectivity index (χ4v) is 4.74. The van der Waals surface area contributed by atoms with E-state index in [1.807, 2.05) is 16.6 Å². The third kappa shape index (κ3) is 2.93. The van der Waals surface area contributed by atoms with Crippen LogP contribution in [0.3, 0.4) is 0 Å². The molecule has 0 amide bonds. The third-order valence-electron chi connectivity index (χ3n) is 5.40. The maximum atomic E-state index is 9.84. The maximum Gasteiger partial charge on any atom is 0.155 e. The summed E-state index contributed by atoms with van der Waals surface area (Å²) in [5, 5.41) is 15.3. The minimum atomic E-state index is -0.434. The van der Waals surface area contributed by atoms with Crippen LogP contribution in [0.15, 0.2) is 70.7 Å². The van der Waals surface area contributed by atoms with Crippen LogP contribution in [0.1, 0.15) is 18.4 Å². The maximum absolute atomic E-state index is 9.84. The molecule has 1 fully saturated rings. The van der Waals surface area contributed by atoms with Crippen LogP contribution < -0.4 is 0 Å². The monoisotopic (exact) mass is 386 g/mol. The first-order valence-electron chi connectivity index (χ1n) is 9.27. The largest absolute Gasteiger partial charge is 0.381 e. The van der Waals surface area contributed by atoms with Gasteiger partial charge >= 0.3 is 0 Å². The summed E-state index contributed by atoms with van der Waals surface area (Å²) >= 11 is 1.71. The molecule has 0 aliphatic carbocycles. The van der Waals surface area contributed by atoms with Crippen molar-refractivity contribution in [2.24, 2.45) is 0 Å². The highest BCUT2D eigenvalue weighted by atomic mass is 32.2. The van der Waals surface area contributed by atoms with E-state index in [4.69, 9.17) is 4.74 Å². The Morgan fingerprint density at radius 2 is 1.89 bits per heavy atom. The summed E-state index contributed by atoms with van der Waals surface area (Å²) in [6.07, 6.45) is 3.08. The highest BCUT2D eigenvalue weighted by Crippen LogP contribution is 2.37. The predicted molar refractivity (Wildman–Crippen MR) is 108 cm³/mol. The van der Waals surface area contributed by atoms with Crippen molar-refractivity contribution in [3.63, 3.8) is 0 Å². The van der Waals surface area contributed by atoms with E-state index in [-0.39, 0.29) is 0 Å². The van der Waals surface area contributed by atoms with E-state index in [1.165, 1.54) is 0 Å². The average Bonchev–Trinajstić information content (AvgIpc) is 3.23. The summed E-state index contributed by atoms with van der Waals surface area (Å²) in [6.45, 7) is 1.29. The number of hydrogen-bond acceptors (Lipinski definition) is 5. The number of nitriles is 1. The second kappa shape index (κ2) is 6.93. The molecule has 0 saturated carbocycles. The molecule has 0 atom stereocenters. The number of ether oxygens (including phenoxy) is 1. The van der Waals surface area contributed by atoms with Crippen LogP contribution in [0.4, 0.5) is 0 Å². The Hall–Kier alpha value is -2.88. The number of rotatable bonds is 3. The molecule has 0 N–H and O–H groups in total. The lowest BCUT2D eigenvalue weighted by atomic mass is 9.75. The molecular formula is C22H18N4OS. The Bertz CT molecular complexity index is 1200. The van der Waals surface area contributed by atoms with E-state index in [2.05, 4.69) is 58.6 Å². The highest BCUT2D eigenvalue weighted by Gasteiger charge is 2.34. The predicted octanol–water partition coefficient (Wildman–Crippen LogP) is 4.61. The molecule has 5 rings (SSSR count). The lowest BCUT2D eigenvalue weighted by Gasteiger charge is -2.31. The summed E-state index contributed by atoms with van der Waals surface area (Å²) in [4.78, 5) is 6.53. The molecule has 1 saturated heterocycles. The van der Waals surface area contributed by atoms with Crippen molar-refractivity contribution in [3.8, 4) is 6.07 Å². The van der Waals surface area contributed by atoms with Crippen molar-refractivity contribution in [2.75, 3.05) is 13.2 Å². The van der Waals surface area contributed by atoms with Crippen molar-refractivity contribution in [1.29, 1.82) is 5.26 Å².